The Balaban J connectivity index is 1.39. The van der Waals surface area contributed by atoms with Gasteiger partial charge in [-0.25, -0.2) is 8.78 Å². The summed E-state index contributed by atoms with van der Waals surface area (Å²) in [6.45, 7) is 3.39. The van der Waals surface area contributed by atoms with Crippen molar-refractivity contribution in [2.75, 3.05) is 45.2 Å². The SMILES string of the molecule is COc1ccc(CCC(=O)N2CCCN(CCC(=O)Nc3ccc(F)c(F)c3)CC2)cc1. The van der Waals surface area contributed by atoms with Gasteiger partial charge in [-0.2, -0.15) is 0 Å². The molecule has 2 amide bonds. The zero-order chi connectivity index (χ0) is 22.9. The van der Waals surface area contributed by atoms with E-state index in [4.69, 9.17) is 4.74 Å². The Labute approximate surface area is 187 Å². The molecule has 0 radical (unpaired) electrons. The number of ether oxygens (including phenoxy) is 1. The van der Waals surface area contributed by atoms with E-state index in [-0.39, 0.29) is 23.9 Å². The van der Waals surface area contributed by atoms with Crippen molar-refractivity contribution < 1.29 is 23.1 Å². The van der Waals surface area contributed by atoms with Crippen LogP contribution in [0.15, 0.2) is 42.5 Å². The highest BCUT2D eigenvalue weighted by atomic mass is 19.2. The number of rotatable bonds is 8. The van der Waals surface area contributed by atoms with E-state index in [2.05, 4.69) is 10.2 Å². The number of carbonyl (C=O) groups excluding carboxylic acids is 2. The fourth-order valence-corrected chi connectivity index (χ4v) is 3.70. The van der Waals surface area contributed by atoms with Gasteiger partial charge in [0.2, 0.25) is 11.8 Å². The summed E-state index contributed by atoms with van der Waals surface area (Å²) in [6.07, 6.45) is 2.24. The Morgan fingerprint density at radius 1 is 0.969 bits per heavy atom. The zero-order valence-corrected chi connectivity index (χ0v) is 18.3. The second-order valence-corrected chi connectivity index (χ2v) is 7.85. The van der Waals surface area contributed by atoms with Crippen LogP contribution in [-0.4, -0.2) is 61.4 Å². The lowest BCUT2D eigenvalue weighted by Crippen LogP contribution is -2.36. The van der Waals surface area contributed by atoms with Crippen LogP contribution in [-0.2, 0) is 16.0 Å². The summed E-state index contributed by atoms with van der Waals surface area (Å²) in [5, 5.41) is 2.59. The lowest BCUT2D eigenvalue weighted by atomic mass is 10.1. The smallest absolute Gasteiger partial charge is 0.225 e. The number of halogens is 2. The first-order chi connectivity index (χ1) is 15.4. The molecule has 6 nitrogen and oxygen atoms in total. The molecule has 1 fully saturated rings. The lowest BCUT2D eigenvalue weighted by molar-refractivity contribution is -0.131. The van der Waals surface area contributed by atoms with Crippen LogP contribution in [0.25, 0.3) is 0 Å². The minimum atomic E-state index is -0.993. The summed E-state index contributed by atoms with van der Waals surface area (Å²) in [7, 11) is 1.63. The van der Waals surface area contributed by atoms with Crippen molar-refractivity contribution in [3.05, 3.63) is 59.7 Å². The van der Waals surface area contributed by atoms with Gasteiger partial charge in [-0.05, 0) is 49.2 Å². The first-order valence-corrected chi connectivity index (χ1v) is 10.8. The minimum Gasteiger partial charge on any atom is -0.497 e. The summed E-state index contributed by atoms with van der Waals surface area (Å²) in [6, 6.07) is 11.0. The third-order valence-corrected chi connectivity index (χ3v) is 5.59. The van der Waals surface area contributed by atoms with Gasteiger partial charge in [-0.15, -0.1) is 0 Å². The van der Waals surface area contributed by atoms with Crippen LogP contribution in [0.5, 0.6) is 5.75 Å². The van der Waals surface area contributed by atoms with Crippen LogP contribution in [0, 0.1) is 11.6 Å². The predicted molar refractivity (Wildman–Crippen MR) is 119 cm³/mol. The maximum absolute atomic E-state index is 13.3. The topological polar surface area (TPSA) is 61.9 Å². The van der Waals surface area contributed by atoms with E-state index >= 15 is 0 Å². The Morgan fingerprint density at radius 2 is 1.75 bits per heavy atom. The summed E-state index contributed by atoms with van der Waals surface area (Å²) < 4.78 is 31.4. The first kappa shape index (κ1) is 23.7. The third kappa shape index (κ3) is 7.02. The Bertz CT molecular complexity index is 921. The average molecular weight is 446 g/mol. The van der Waals surface area contributed by atoms with E-state index in [1.807, 2.05) is 29.2 Å². The molecule has 32 heavy (non-hydrogen) atoms. The molecule has 0 aromatic heterocycles. The van der Waals surface area contributed by atoms with Gasteiger partial charge in [0, 0.05) is 50.8 Å². The van der Waals surface area contributed by atoms with Crippen molar-refractivity contribution >= 4 is 17.5 Å². The van der Waals surface area contributed by atoms with Crippen LogP contribution >= 0.6 is 0 Å². The number of benzene rings is 2. The number of anilines is 1. The molecule has 0 unspecified atom stereocenters. The normalized spacial score (nSPS) is 14.7. The second-order valence-electron chi connectivity index (χ2n) is 7.85. The molecule has 3 rings (SSSR count). The minimum absolute atomic E-state index is 0.138. The second kappa shape index (κ2) is 11.6. The van der Waals surface area contributed by atoms with Gasteiger partial charge in [0.1, 0.15) is 5.75 Å². The first-order valence-electron chi connectivity index (χ1n) is 10.8. The molecule has 0 saturated carbocycles. The number of nitrogens with zero attached hydrogens (tertiary/aromatic N) is 2. The van der Waals surface area contributed by atoms with Crippen molar-refractivity contribution in [1.29, 1.82) is 0 Å². The van der Waals surface area contributed by atoms with Gasteiger partial charge in [-0.1, -0.05) is 12.1 Å². The summed E-state index contributed by atoms with van der Waals surface area (Å²) in [5.41, 5.74) is 1.33. The molecule has 0 spiro atoms. The van der Waals surface area contributed by atoms with Gasteiger partial charge in [0.15, 0.2) is 11.6 Å². The van der Waals surface area contributed by atoms with Crippen LogP contribution in [0.3, 0.4) is 0 Å². The van der Waals surface area contributed by atoms with Crippen LogP contribution in [0.2, 0.25) is 0 Å². The average Bonchev–Trinajstić information content (AvgIpc) is 3.05. The molecule has 1 aliphatic rings. The van der Waals surface area contributed by atoms with E-state index in [1.165, 1.54) is 6.07 Å². The fraction of sp³-hybridized carbons (Fsp3) is 0.417. The maximum atomic E-state index is 13.3. The highest BCUT2D eigenvalue weighted by molar-refractivity contribution is 5.90. The highest BCUT2D eigenvalue weighted by Gasteiger charge is 2.19. The van der Waals surface area contributed by atoms with E-state index in [1.54, 1.807) is 7.11 Å². The van der Waals surface area contributed by atoms with E-state index < -0.39 is 11.6 Å². The molecule has 1 N–H and O–H groups in total. The molecule has 1 heterocycles. The van der Waals surface area contributed by atoms with Crippen molar-refractivity contribution in [2.24, 2.45) is 0 Å². The molecular formula is C24H29F2N3O3. The summed E-state index contributed by atoms with van der Waals surface area (Å²) in [4.78, 5) is 28.8. The molecule has 0 aliphatic carbocycles. The number of hydrogen-bond acceptors (Lipinski definition) is 4. The van der Waals surface area contributed by atoms with Gasteiger partial charge in [0.25, 0.3) is 0 Å². The van der Waals surface area contributed by atoms with Gasteiger partial charge in [0.05, 0.1) is 7.11 Å². The lowest BCUT2D eigenvalue weighted by Gasteiger charge is -2.22. The van der Waals surface area contributed by atoms with Crippen molar-refractivity contribution in [3.8, 4) is 5.75 Å². The number of methoxy groups -OCH3 is 1. The van der Waals surface area contributed by atoms with Gasteiger partial charge in [-0.3, -0.25) is 9.59 Å². The molecule has 0 atom stereocenters. The fourth-order valence-electron chi connectivity index (χ4n) is 3.70. The zero-order valence-electron chi connectivity index (χ0n) is 18.3. The third-order valence-electron chi connectivity index (χ3n) is 5.59. The summed E-state index contributed by atoms with van der Waals surface area (Å²) >= 11 is 0. The number of nitrogens with one attached hydrogen (secondary N) is 1. The Morgan fingerprint density at radius 3 is 2.47 bits per heavy atom. The molecule has 1 aliphatic heterocycles. The van der Waals surface area contributed by atoms with Gasteiger partial charge < -0.3 is 19.9 Å². The Kier molecular flexibility index (Phi) is 8.56. The maximum Gasteiger partial charge on any atom is 0.225 e. The molecule has 0 bridgehead atoms. The van der Waals surface area contributed by atoms with E-state index in [0.717, 1.165) is 36.4 Å². The van der Waals surface area contributed by atoms with Crippen LogP contribution in [0.4, 0.5) is 14.5 Å². The monoisotopic (exact) mass is 445 g/mol. The predicted octanol–water partition coefficient (Wildman–Crippen LogP) is 3.47. The van der Waals surface area contributed by atoms with E-state index in [9.17, 15) is 18.4 Å². The highest BCUT2D eigenvalue weighted by Crippen LogP contribution is 2.15. The number of aryl methyl sites for hydroxylation is 1. The van der Waals surface area contributed by atoms with Crippen molar-refractivity contribution in [2.45, 2.75) is 25.7 Å². The molecule has 1 saturated heterocycles. The molecule has 8 heteroatoms. The van der Waals surface area contributed by atoms with Gasteiger partial charge >= 0.3 is 0 Å². The van der Waals surface area contributed by atoms with E-state index in [0.29, 0.717) is 39.0 Å². The quantitative estimate of drug-likeness (QED) is 0.676. The standard InChI is InChI=1S/C24H29F2N3O3/c1-32-20-7-3-18(4-8-20)5-10-24(31)29-13-2-12-28(15-16-29)14-11-23(30)27-19-6-9-21(25)22(26)17-19/h3-4,6-9,17H,2,5,10-16H2,1H3,(H,27,30). The molecule has 2 aromatic rings. The van der Waals surface area contributed by atoms with Crippen LogP contribution in [0.1, 0.15) is 24.8 Å². The Hall–Kier alpha value is -3.00. The molecule has 172 valence electrons. The van der Waals surface area contributed by atoms with Crippen LogP contribution < -0.4 is 10.1 Å². The largest absolute Gasteiger partial charge is 0.497 e. The van der Waals surface area contributed by atoms with Crippen molar-refractivity contribution in [3.63, 3.8) is 0 Å². The summed E-state index contributed by atoms with van der Waals surface area (Å²) in [5.74, 6) is -1.26. The number of hydrogen-bond donors (Lipinski definition) is 1. The van der Waals surface area contributed by atoms with Crippen molar-refractivity contribution in [1.82, 2.24) is 9.80 Å². The molecule has 2 aromatic carbocycles. The molecular weight excluding hydrogens is 416 g/mol. The number of amides is 2. The number of carbonyl (C=O) groups is 2.